The van der Waals surface area contributed by atoms with Crippen LogP contribution in [0, 0.1) is 0 Å². The van der Waals surface area contributed by atoms with E-state index in [2.05, 4.69) is 0 Å². The summed E-state index contributed by atoms with van der Waals surface area (Å²) in [4.78, 5) is 10.5. The third-order valence-electron chi connectivity index (χ3n) is 2.26. The zero-order chi connectivity index (χ0) is 10.8. The van der Waals surface area contributed by atoms with Gasteiger partial charge in [0.1, 0.15) is 0 Å². The predicted molar refractivity (Wildman–Crippen MR) is 49.9 cm³/mol. The Morgan fingerprint density at radius 2 is 2.14 bits per heavy atom. The molecule has 0 aliphatic carbocycles. The Bertz CT molecular complexity index is 308. The van der Waals surface area contributed by atoms with Crippen LogP contribution >= 0.6 is 0 Å². The fourth-order valence-corrected chi connectivity index (χ4v) is 2.46. The number of sulfone groups is 1. The summed E-state index contributed by atoms with van der Waals surface area (Å²) in [5.74, 6) is -1.00. The molecule has 0 amide bonds. The summed E-state index contributed by atoms with van der Waals surface area (Å²) in [6.07, 6.45) is -0.358. The van der Waals surface area contributed by atoms with E-state index in [1.807, 2.05) is 0 Å². The quantitative estimate of drug-likeness (QED) is 0.727. The van der Waals surface area contributed by atoms with Gasteiger partial charge in [-0.2, -0.15) is 0 Å². The van der Waals surface area contributed by atoms with Crippen molar-refractivity contribution in [2.24, 2.45) is 0 Å². The second-order valence-corrected chi connectivity index (χ2v) is 5.76. The topological polar surface area (TPSA) is 80.7 Å². The Morgan fingerprint density at radius 3 is 2.57 bits per heavy atom. The first-order chi connectivity index (χ1) is 6.44. The number of carboxylic acids is 1. The van der Waals surface area contributed by atoms with Crippen molar-refractivity contribution in [1.82, 2.24) is 0 Å². The van der Waals surface area contributed by atoms with E-state index >= 15 is 0 Å². The minimum Gasteiger partial charge on any atom is -0.479 e. The van der Waals surface area contributed by atoms with E-state index in [1.54, 1.807) is 6.92 Å². The van der Waals surface area contributed by atoms with Crippen molar-refractivity contribution >= 4 is 15.8 Å². The summed E-state index contributed by atoms with van der Waals surface area (Å²) < 4.78 is 27.5. The molecule has 1 aliphatic rings. The second-order valence-electron chi connectivity index (χ2n) is 3.36. The molecule has 0 aromatic heterocycles. The van der Waals surface area contributed by atoms with E-state index in [9.17, 15) is 13.2 Å². The molecule has 1 N–H and O–H groups in total. The smallest absolute Gasteiger partial charge is 0.332 e. The van der Waals surface area contributed by atoms with Crippen molar-refractivity contribution in [2.75, 3.05) is 11.5 Å². The molecular weight excluding hydrogens is 208 g/mol. The lowest BCUT2D eigenvalue weighted by molar-refractivity contribution is -0.148. The van der Waals surface area contributed by atoms with E-state index in [0.717, 1.165) is 0 Å². The lowest BCUT2D eigenvalue weighted by Gasteiger charge is -2.10. The van der Waals surface area contributed by atoms with Crippen LogP contribution in [-0.2, 0) is 19.4 Å². The minimum absolute atomic E-state index is 0.0622. The van der Waals surface area contributed by atoms with Crippen molar-refractivity contribution in [3.05, 3.63) is 0 Å². The van der Waals surface area contributed by atoms with E-state index in [0.29, 0.717) is 12.8 Å². The summed E-state index contributed by atoms with van der Waals surface area (Å²) in [7, 11) is -3.07. The summed E-state index contributed by atoms with van der Waals surface area (Å²) in [5, 5.41) is 8.61. The standard InChI is InChI=1S/C8H14O5S/c1-2-14(11,12)5-6-3-4-7(13-6)8(9)10/h6-7H,2-5H2,1H3,(H,9,10). The molecule has 0 aromatic carbocycles. The highest BCUT2D eigenvalue weighted by atomic mass is 32.2. The van der Waals surface area contributed by atoms with Crippen LogP contribution in [-0.4, -0.2) is 43.2 Å². The van der Waals surface area contributed by atoms with Crippen LogP contribution in [0.5, 0.6) is 0 Å². The van der Waals surface area contributed by atoms with E-state index < -0.39 is 28.0 Å². The van der Waals surface area contributed by atoms with Crippen LogP contribution in [0.3, 0.4) is 0 Å². The molecule has 5 nitrogen and oxygen atoms in total. The Labute approximate surface area is 83.0 Å². The van der Waals surface area contributed by atoms with Gasteiger partial charge in [0.15, 0.2) is 15.9 Å². The molecule has 0 saturated carbocycles. The number of carboxylic acid groups (broad SMARTS) is 1. The molecule has 1 rings (SSSR count). The summed E-state index contributed by atoms with van der Waals surface area (Å²) in [5.41, 5.74) is 0. The first-order valence-corrected chi connectivity index (χ1v) is 6.35. The maximum Gasteiger partial charge on any atom is 0.332 e. The third-order valence-corrected chi connectivity index (χ3v) is 4.02. The molecule has 82 valence electrons. The van der Waals surface area contributed by atoms with Gasteiger partial charge in [0.2, 0.25) is 0 Å². The highest BCUT2D eigenvalue weighted by molar-refractivity contribution is 7.91. The minimum atomic E-state index is -3.07. The molecule has 2 unspecified atom stereocenters. The SMILES string of the molecule is CCS(=O)(=O)CC1CCC(C(=O)O)O1. The number of aliphatic carboxylic acids is 1. The third kappa shape index (κ3) is 2.95. The molecule has 1 fully saturated rings. The van der Waals surface area contributed by atoms with Crippen LogP contribution in [0.15, 0.2) is 0 Å². The highest BCUT2D eigenvalue weighted by Crippen LogP contribution is 2.21. The average Bonchev–Trinajstić information content (AvgIpc) is 2.52. The fourth-order valence-electron chi connectivity index (χ4n) is 1.41. The van der Waals surface area contributed by atoms with Crippen LogP contribution in [0.25, 0.3) is 0 Å². The first kappa shape index (κ1) is 11.5. The molecule has 0 aromatic rings. The average molecular weight is 222 g/mol. The molecule has 1 aliphatic heterocycles. The van der Waals surface area contributed by atoms with Crippen molar-refractivity contribution in [3.63, 3.8) is 0 Å². The Morgan fingerprint density at radius 1 is 1.50 bits per heavy atom. The molecule has 0 spiro atoms. The molecule has 0 bridgehead atoms. The number of hydrogen-bond donors (Lipinski definition) is 1. The van der Waals surface area contributed by atoms with Gasteiger partial charge in [-0.1, -0.05) is 6.92 Å². The highest BCUT2D eigenvalue weighted by Gasteiger charge is 2.32. The largest absolute Gasteiger partial charge is 0.479 e. The van der Waals surface area contributed by atoms with Crippen molar-refractivity contribution in [3.8, 4) is 0 Å². The molecule has 6 heteroatoms. The molecule has 1 heterocycles. The molecule has 14 heavy (non-hydrogen) atoms. The Kier molecular flexibility index (Phi) is 3.49. The summed E-state index contributed by atoms with van der Waals surface area (Å²) in [6, 6.07) is 0. The maximum atomic E-state index is 11.2. The normalized spacial score (nSPS) is 27.8. The number of ether oxygens (including phenoxy) is 1. The molecule has 2 atom stereocenters. The monoisotopic (exact) mass is 222 g/mol. The molecule has 1 saturated heterocycles. The number of carbonyl (C=O) groups is 1. The fraction of sp³-hybridized carbons (Fsp3) is 0.875. The van der Waals surface area contributed by atoms with E-state index in [-0.39, 0.29) is 11.5 Å². The number of rotatable bonds is 4. The second kappa shape index (κ2) is 4.27. The van der Waals surface area contributed by atoms with Gasteiger partial charge in [-0.05, 0) is 12.8 Å². The summed E-state index contributed by atoms with van der Waals surface area (Å²) >= 11 is 0. The Hall–Kier alpha value is -0.620. The van der Waals surface area contributed by atoms with Gasteiger partial charge in [-0.25, -0.2) is 13.2 Å². The molecule has 0 radical (unpaired) electrons. The van der Waals surface area contributed by atoms with Crippen LogP contribution in [0.2, 0.25) is 0 Å². The van der Waals surface area contributed by atoms with E-state index in [4.69, 9.17) is 9.84 Å². The van der Waals surface area contributed by atoms with Gasteiger partial charge < -0.3 is 9.84 Å². The molecular formula is C8H14O5S. The maximum absolute atomic E-state index is 11.2. The lowest BCUT2D eigenvalue weighted by Crippen LogP contribution is -2.25. The Balaban J connectivity index is 2.48. The van der Waals surface area contributed by atoms with Gasteiger partial charge >= 0.3 is 5.97 Å². The van der Waals surface area contributed by atoms with Crippen LogP contribution < -0.4 is 0 Å². The zero-order valence-corrected chi connectivity index (χ0v) is 8.79. The zero-order valence-electron chi connectivity index (χ0n) is 7.97. The van der Waals surface area contributed by atoms with Crippen molar-refractivity contribution < 1.29 is 23.1 Å². The van der Waals surface area contributed by atoms with Gasteiger partial charge in [-0.15, -0.1) is 0 Å². The number of hydrogen-bond acceptors (Lipinski definition) is 4. The van der Waals surface area contributed by atoms with E-state index in [1.165, 1.54) is 0 Å². The summed E-state index contributed by atoms with van der Waals surface area (Å²) in [6.45, 7) is 1.57. The lowest BCUT2D eigenvalue weighted by atomic mass is 10.2. The van der Waals surface area contributed by atoms with Crippen molar-refractivity contribution in [1.29, 1.82) is 0 Å². The van der Waals surface area contributed by atoms with Gasteiger partial charge in [0.05, 0.1) is 11.9 Å². The van der Waals surface area contributed by atoms with Gasteiger partial charge in [-0.3, -0.25) is 0 Å². The van der Waals surface area contributed by atoms with Crippen LogP contribution in [0.1, 0.15) is 19.8 Å². The first-order valence-electron chi connectivity index (χ1n) is 4.53. The van der Waals surface area contributed by atoms with Gasteiger partial charge in [0, 0.05) is 5.75 Å². The predicted octanol–water partition coefficient (Wildman–Crippen LogP) is 0.0533. The van der Waals surface area contributed by atoms with Crippen molar-refractivity contribution in [2.45, 2.75) is 32.0 Å². The van der Waals surface area contributed by atoms with Gasteiger partial charge in [0.25, 0.3) is 0 Å². The van der Waals surface area contributed by atoms with Crippen LogP contribution in [0.4, 0.5) is 0 Å².